The van der Waals surface area contributed by atoms with Gasteiger partial charge in [-0.05, 0) is 6.16 Å². The Morgan fingerprint density at radius 2 is 1.33 bits per heavy atom. The molecule has 0 aliphatic heterocycles. The molecule has 0 aliphatic rings. The van der Waals surface area contributed by atoms with E-state index in [9.17, 15) is 0 Å². The number of hydrogen-bond donors (Lipinski definition) is 2. The largest absolute Gasteiger partial charge is 2.00 e. The van der Waals surface area contributed by atoms with Gasteiger partial charge < -0.3 is 24.6 Å². The maximum atomic E-state index is 8.74. The standard InChI is InChI=1S/CH2O3.Ca.H2O3Si/c2-1(3)4;;1-4(2)3/h(H2,2,3,4);;1-2H/q;+2;/p-2. The zero-order valence-electron chi connectivity index (χ0n) is 4.23. The van der Waals surface area contributed by atoms with Crippen molar-refractivity contribution in [1.82, 2.24) is 0 Å². The summed E-state index contributed by atoms with van der Waals surface area (Å²) in [7, 11) is -3.13. The summed E-state index contributed by atoms with van der Waals surface area (Å²) in [6, 6.07) is 0. The van der Waals surface area contributed by atoms with Gasteiger partial charge in [-0.3, -0.25) is 4.46 Å². The minimum absolute atomic E-state index is 0. The Hall–Kier alpha value is 0.147. The Labute approximate surface area is 81.7 Å². The Balaban J connectivity index is -0.0000000720. The normalized spacial score (nSPS) is 5.33. The molecular formula is CH2CaO6Si. The van der Waals surface area contributed by atoms with Crippen molar-refractivity contribution >= 4 is 53.1 Å². The van der Waals surface area contributed by atoms with Gasteiger partial charge in [0.15, 0.2) is 0 Å². The minimum atomic E-state index is -3.13. The van der Waals surface area contributed by atoms with Gasteiger partial charge >= 0.3 is 46.9 Å². The van der Waals surface area contributed by atoms with Gasteiger partial charge in [0.25, 0.3) is 0 Å². The Kier molecular flexibility index (Phi) is 19.7. The third-order valence-corrected chi connectivity index (χ3v) is 0. The second-order valence-corrected chi connectivity index (χ2v) is 1.10. The number of carbonyl (C=O) groups is 1. The van der Waals surface area contributed by atoms with Gasteiger partial charge in [0.1, 0.15) is 0 Å². The summed E-state index contributed by atoms with van der Waals surface area (Å²) < 4.78 is 8.74. The maximum absolute atomic E-state index is 8.74. The minimum Gasteiger partial charge on any atom is -0.652 e. The maximum Gasteiger partial charge on any atom is 2.00 e. The second kappa shape index (κ2) is 11.0. The number of carboxylic acid groups (broad SMARTS) is 2. The van der Waals surface area contributed by atoms with Crippen molar-refractivity contribution in [3.8, 4) is 0 Å². The molecule has 2 N–H and O–H groups in total. The molecule has 0 radical (unpaired) electrons. The van der Waals surface area contributed by atoms with Crippen LogP contribution in [0.15, 0.2) is 0 Å². The molecule has 0 saturated heterocycles. The van der Waals surface area contributed by atoms with Crippen LogP contribution in [0.25, 0.3) is 0 Å². The molecule has 0 rings (SSSR count). The van der Waals surface area contributed by atoms with E-state index >= 15 is 0 Å². The predicted molar refractivity (Wildman–Crippen MR) is 22.0 cm³/mol. The molecule has 8 heteroatoms. The third kappa shape index (κ3) is 14300. The smallest absolute Gasteiger partial charge is 0.652 e. The van der Waals surface area contributed by atoms with Crippen LogP contribution in [0, 0.1) is 0 Å². The van der Waals surface area contributed by atoms with Crippen molar-refractivity contribution in [2.24, 2.45) is 0 Å². The summed E-state index contributed by atoms with van der Waals surface area (Å²) in [5.74, 6) is 0. The molecular weight excluding hydrogens is 176 g/mol. The first kappa shape index (κ1) is 16.1. The van der Waals surface area contributed by atoms with Crippen LogP contribution < -0.4 is 10.2 Å². The van der Waals surface area contributed by atoms with Crippen LogP contribution in [-0.4, -0.2) is 62.7 Å². The molecule has 0 aromatic rings. The first-order chi connectivity index (χ1) is 3.46. The fourth-order valence-corrected chi connectivity index (χ4v) is 0. The first-order valence-corrected chi connectivity index (χ1v) is 2.57. The van der Waals surface area contributed by atoms with Crippen LogP contribution in [0.4, 0.5) is 4.79 Å². The topological polar surface area (TPSA) is 121 Å². The molecule has 0 aromatic heterocycles. The molecule has 0 aromatic carbocycles. The average molecular weight is 178 g/mol. The molecule has 0 unspecified atom stereocenters. The van der Waals surface area contributed by atoms with E-state index in [1.54, 1.807) is 0 Å². The Morgan fingerprint density at radius 1 is 1.33 bits per heavy atom. The molecule has 0 heterocycles. The van der Waals surface area contributed by atoms with Gasteiger partial charge in [-0.1, -0.05) is 0 Å². The number of hydrogen-bond acceptors (Lipinski definition) is 4. The quantitative estimate of drug-likeness (QED) is 0.361. The van der Waals surface area contributed by atoms with Gasteiger partial charge in [-0.2, -0.15) is 0 Å². The summed E-state index contributed by atoms with van der Waals surface area (Å²) in [5.41, 5.74) is 0. The summed E-state index contributed by atoms with van der Waals surface area (Å²) in [6.45, 7) is 0. The molecule has 9 heavy (non-hydrogen) atoms. The van der Waals surface area contributed by atoms with Crippen molar-refractivity contribution in [1.29, 1.82) is 0 Å². The van der Waals surface area contributed by atoms with E-state index in [0.717, 1.165) is 0 Å². The van der Waals surface area contributed by atoms with Crippen molar-refractivity contribution in [2.45, 2.75) is 0 Å². The Morgan fingerprint density at radius 3 is 1.33 bits per heavy atom. The zero-order chi connectivity index (χ0) is 7.15. The molecule has 0 spiro atoms. The van der Waals surface area contributed by atoms with Gasteiger partial charge in [0.05, 0.1) is 0 Å². The van der Waals surface area contributed by atoms with E-state index in [2.05, 4.69) is 0 Å². The first-order valence-electron chi connectivity index (χ1n) is 1.26. The molecule has 48 valence electrons. The SMILES string of the molecule is O=C([O-])[O-].O=[Si](O)O.[Ca+2]. The molecule has 6 nitrogen and oxygen atoms in total. The third-order valence-electron chi connectivity index (χ3n) is 0. The van der Waals surface area contributed by atoms with E-state index in [1.165, 1.54) is 0 Å². The van der Waals surface area contributed by atoms with Crippen molar-refractivity contribution in [3.05, 3.63) is 0 Å². The molecule has 0 aliphatic carbocycles. The second-order valence-electron chi connectivity index (χ2n) is 0.533. The predicted octanol–water partition coefficient (Wildman–Crippen LogP) is -4.44. The zero-order valence-corrected chi connectivity index (χ0v) is 7.44. The summed E-state index contributed by atoms with van der Waals surface area (Å²) in [6.07, 6.45) is -2.33. The molecule has 0 bridgehead atoms. The van der Waals surface area contributed by atoms with Gasteiger partial charge in [-0.15, -0.1) is 0 Å². The van der Waals surface area contributed by atoms with Crippen LogP contribution in [0.2, 0.25) is 0 Å². The van der Waals surface area contributed by atoms with E-state index in [4.69, 9.17) is 29.1 Å². The van der Waals surface area contributed by atoms with Crippen LogP contribution >= 0.6 is 0 Å². The van der Waals surface area contributed by atoms with E-state index in [0.29, 0.717) is 0 Å². The average Bonchev–Trinajstić information content (AvgIpc) is 1.25. The molecule has 0 fully saturated rings. The van der Waals surface area contributed by atoms with Gasteiger partial charge in [0.2, 0.25) is 0 Å². The monoisotopic (exact) mass is 178 g/mol. The van der Waals surface area contributed by atoms with Crippen molar-refractivity contribution in [3.63, 3.8) is 0 Å². The van der Waals surface area contributed by atoms with Crippen LogP contribution in [0.5, 0.6) is 0 Å². The fraction of sp³-hybridized carbons (Fsp3) is 0. The van der Waals surface area contributed by atoms with Crippen LogP contribution in [0.3, 0.4) is 0 Å². The van der Waals surface area contributed by atoms with Crippen molar-refractivity contribution in [2.75, 3.05) is 0 Å². The van der Waals surface area contributed by atoms with Crippen LogP contribution in [-0.2, 0) is 4.46 Å². The fourth-order valence-electron chi connectivity index (χ4n) is 0. The van der Waals surface area contributed by atoms with E-state index in [1.807, 2.05) is 0 Å². The number of carbonyl (C=O) groups excluding carboxylic acids is 1. The Bertz CT molecular complexity index is 71.1. The van der Waals surface area contributed by atoms with Gasteiger partial charge in [0, 0.05) is 0 Å². The summed E-state index contributed by atoms with van der Waals surface area (Å²) in [5, 5.41) is 16.7. The molecule has 0 atom stereocenters. The van der Waals surface area contributed by atoms with Gasteiger partial charge in [-0.25, -0.2) is 0 Å². The van der Waals surface area contributed by atoms with E-state index in [-0.39, 0.29) is 37.7 Å². The molecule has 0 amide bonds. The summed E-state index contributed by atoms with van der Waals surface area (Å²) in [4.78, 5) is 22.6. The number of rotatable bonds is 0. The van der Waals surface area contributed by atoms with E-state index < -0.39 is 15.3 Å². The van der Waals surface area contributed by atoms with Crippen molar-refractivity contribution < 1.29 is 29.1 Å². The molecule has 0 saturated carbocycles. The van der Waals surface area contributed by atoms with Crippen LogP contribution in [0.1, 0.15) is 0 Å². The summed E-state index contributed by atoms with van der Waals surface area (Å²) >= 11 is 0.